The first-order chi connectivity index (χ1) is 8.29. The molecule has 1 rings (SSSR count). The molecule has 0 aliphatic rings. The average molecular weight is 317 g/mol. The molecule has 0 atom stereocenters. The van der Waals surface area contributed by atoms with Crippen LogP contribution in [-0.4, -0.2) is 40.9 Å². The van der Waals surface area contributed by atoms with Crippen LogP contribution in [-0.2, 0) is 6.54 Å². The maximum atomic E-state index is 11.9. The fourth-order valence-electron chi connectivity index (χ4n) is 1.28. The molecular weight excluding hydrogens is 296 g/mol. The summed E-state index contributed by atoms with van der Waals surface area (Å²) in [5, 5.41) is 7.36. The summed E-state index contributed by atoms with van der Waals surface area (Å²) in [6, 6.07) is 0. The highest BCUT2D eigenvalue weighted by Crippen LogP contribution is 2.18. The van der Waals surface area contributed by atoms with E-state index in [0.717, 1.165) is 12.2 Å². The SMILES string of the molecule is CCn1ncc(NCC(C)(C)N(C)C)c(Br)c1=O. The molecule has 1 heterocycles. The Labute approximate surface area is 116 Å². The summed E-state index contributed by atoms with van der Waals surface area (Å²) in [5.41, 5.74) is 0.628. The molecule has 0 radical (unpaired) electrons. The van der Waals surface area contributed by atoms with Crippen LogP contribution < -0.4 is 10.9 Å². The highest BCUT2D eigenvalue weighted by atomic mass is 79.9. The maximum Gasteiger partial charge on any atom is 0.283 e. The normalized spacial score (nSPS) is 11.9. The van der Waals surface area contributed by atoms with E-state index in [4.69, 9.17) is 0 Å². The smallest absolute Gasteiger partial charge is 0.283 e. The molecule has 0 amide bonds. The fraction of sp³-hybridized carbons (Fsp3) is 0.667. The Bertz CT molecular complexity index is 468. The lowest BCUT2D eigenvalue weighted by Crippen LogP contribution is -2.44. The minimum Gasteiger partial charge on any atom is -0.381 e. The van der Waals surface area contributed by atoms with E-state index in [1.54, 1.807) is 6.20 Å². The van der Waals surface area contributed by atoms with Crippen LogP contribution in [0.3, 0.4) is 0 Å². The van der Waals surface area contributed by atoms with Crippen molar-refractivity contribution in [3.8, 4) is 0 Å². The van der Waals surface area contributed by atoms with E-state index < -0.39 is 0 Å². The average Bonchev–Trinajstić information content (AvgIpc) is 2.31. The van der Waals surface area contributed by atoms with Gasteiger partial charge in [-0.25, -0.2) is 4.68 Å². The number of hydrogen-bond acceptors (Lipinski definition) is 4. The molecule has 0 aliphatic heterocycles. The molecule has 0 saturated heterocycles. The second kappa shape index (κ2) is 5.84. The molecule has 1 N–H and O–H groups in total. The summed E-state index contributed by atoms with van der Waals surface area (Å²) in [6.07, 6.45) is 1.68. The third-order valence-electron chi connectivity index (χ3n) is 3.21. The maximum absolute atomic E-state index is 11.9. The first-order valence-electron chi connectivity index (χ1n) is 5.96. The van der Waals surface area contributed by atoms with Crippen molar-refractivity contribution in [2.24, 2.45) is 0 Å². The number of rotatable bonds is 5. The van der Waals surface area contributed by atoms with E-state index in [1.165, 1.54) is 4.68 Å². The van der Waals surface area contributed by atoms with E-state index in [-0.39, 0.29) is 11.1 Å². The number of aryl methyl sites for hydroxylation is 1. The van der Waals surface area contributed by atoms with E-state index in [9.17, 15) is 4.79 Å². The summed E-state index contributed by atoms with van der Waals surface area (Å²) >= 11 is 3.33. The van der Waals surface area contributed by atoms with Gasteiger partial charge < -0.3 is 10.2 Å². The van der Waals surface area contributed by atoms with Crippen LogP contribution in [0.25, 0.3) is 0 Å². The minimum atomic E-state index is -0.106. The zero-order valence-electron chi connectivity index (χ0n) is 11.6. The first kappa shape index (κ1) is 15.2. The third kappa shape index (κ3) is 3.32. The second-order valence-corrected chi connectivity index (χ2v) is 5.85. The van der Waals surface area contributed by atoms with Crippen LogP contribution >= 0.6 is 15.9 Å². The first-order valence-corrected chi connectivity index (χ1v) is 6.76. The number of anilines is 1. The number of likely N-dealkylation sites (N-methyl/N-ethyl adjacent to an activating group) is 1. The Hall–Kier alpha value is -0.880. The number of hydrogen-bond donors (Lipinski definition) is 1. The van der Waals surface area contributed by atoms with Gasteiger partial charge >= 0.3 is 0 Å². The predicted octanol–water partition coefficient (Wildman–Crippen LogP) is 1.78. The molecule has 18 heavy (non-hydrogen) atoms. The van der Waals surface area contributed by atoms with Gasteiger partial charge in [0.05, 0.1) is 11.9 Å². The van der Waals surface area contributed by atoms with Crippen LogP contribution in [0, 0.1) is 0 Å². The minimum absolute atomic E-state index is 0.000934. The van der Waals surface area contributed by atoms with Crippen LogP contribution in [0.5, 0.6) is 0 Å². The topological polar surface area (TPSA) is 50.2 Å². The van der Waals surface area contributed by atoms with E-state index in [1.807, 2.05) is 21.0 Å². The number of halogens is 1. The molecule has 0 spiro atoms. The van der Waals surface area contributed by atoms with Gasteiger partial charge in [0, 0.05) is 18.6 Å². The summed E-state index contributed by atoms with van der Waals surface area (Å²) in [4.78, 5) is 14.0. The van der Waals surface area contributed by atoms with E-state index >= 15 is 0 Å². The predicted molar refractivity (Wildman–Crippen MR) is 78.1 cm³/mol. The van der Waals surface area contributed by atoms with Gasteiger partial charge in [-0.2, -0.15) is 5.10 Å². The van der Waals surface area contributed by atoms with Gasteiger partial charge in [0.15, 0.2) is 0 Å². The largest absolute Gasteiger partial charge is 0.381 e. The molecular formula is C12H21BrN4O. The third-order valence-corrected chi connectivity index (χ3v) is 3.97. The molecule has 0 aliphatic carbocycles. The van der Waals surface area contributed by atoms with Crippen LogP contribution in [0.15, 0.2) is 15.5 Å². The molecule has 5 nitrogen and oxygen atoms in total. The van der Waals surface area contributed by atoms with Crippen molar-refractivity contribution in [2.45, 2.75) is 32.9 Å². The Balaban J connectivity index is 2.88. The lowest BCUT2D eigenvalue weighted by molar-refractivity contribution is 0.210. The van der Waals surface area contributed by atoms with Crippen molar-refractivity contribution in [3.05, 3.63) is 21.0 Å². The summed E-state index contributed by atoms with van der Waals surface area (Å²) in [7, 11) is 4.06. The van der Waals surface area contributed by atoms with Crippen molar-refractivity contribution in [3.63, 3.8) is 0 Å². The molecule has 0 saturated carbocycles. The molecule has 0 aromatic carbocycles. The van der Waals surface area contributed by atoms with Gasteiger partial charge in [-0.15, -0.1) is 0 Å². The molecule has 102 valence electrons. The van der Waals surface area contributed by atoms with E-state index in [2.05, 4.69) is 45.1 Å². The lowest BCUT2D eigenvalue weighted by atomic mass is 10.0. The molecule has 6 heteroatoms. The molecule has 0 fully saturated rings. The zero-order valence-corrected chi connectivity index (χ0v) is 13.2. The molecule has 1 aromatic rings. The molecule has 0 bridgehead atoms. The zero-order chi connectivity index (χ0) is 13.9. The van der Waals surface area contributed by atoms with Gasteiger partial charge in [0.1, 0.15) is 4.47 Å². The number of nitrogens with zero attached hydrogens (tertiary/aromatic N) is 3. The number of nitrogens with one attached hydrogen (secondary N) is 1. The van der Waals surface area contributed by atoms with Crippen molar-refractivity contribution in [2.75, 3.05) is 26.0 Å². The molecule has 1 aromatic heterocycles. The Morgan fingerprint density at radius 1 is 1.50 bits per heavy atom. The summed E-state index contributed by atoms with van der Waals surface area (Å²) < 4.78 is 1.96. The van der Waals surface area contributed by atoms with Crippen molar-refractivity contribution < 1.29 is 0 Å². The van der Waals surface area contributed by atoms with Crippen LogP contribution in [0.2, 0.25) is 0 Å². The quantitative estimate of drug-likeness (QED) is 0.899. The van der Waals surface area contributed by atoms with Crippen molar-refractivity contribution >= 4 is 21.6 Å². The van der Waals surface area contributed by atoms with Crippen molar-refractivity contribution in [1.82, 2.24) is 14.7 Å². The summed E-state index contributed by atoms with van der Waals surface area (Å²) in [6.45, 7) is 7.46. The Morgan fingerprint density at radius 3 is 2.61 bits per heavy atom. The van der Waals surface area contributed by atoms with Gasteiger partial charge in [-0.1, -0.05) is 0 Å². The van der Waals surface area contributed by atoms with Gasteiger partial charge in [-0.3, -0.25) is 4.79 Å². The monoisotopic (exact) mass is 316 g/mol. The van der Waals surface area contributed by atoms with Crippen LogP contribution in [0.4, 0.5) is 5.69 Å². The van der Waals surface area contributed by atoms with Gasteiger partial charge in [0.25, 0.3) is 5.56 Å². The summed E-state index contributed by atoms with van der Waals surface area (Å²) in [5.74, 6) is 0. The Kier molecular flexibility index (Phi) is 4.92. The highest BCUT2D eigenvalue weighted by molar-refractivity contribution is 9.10. The van der Waals surface area contributed by atoms with Gasteiger partial charge in [0.2, 0.25) is 0 Å². The van der Waals surface area contributed by atoms with E-state index in [0.29, 0.717) is 11.0 Å². The molecule has 0 unspecified atom stereocenters. The highest BCUT2D eigenvalue weighted by Gasteiger charge is 2.20. The lowest BCUT2D eigenvalue weighted by Gasteiger charge is -2.33. The van der Waals surface area contributed by atoms with Gasteiger partial charge in [-0.05, 0) is 50.8 Å². The fourth-order valence-corrected chi connectivity index (χ4v) is 1.73. The Morgan fingerprint density at radius 2 is 2.11 bits per heavy atom. The number of aromatic nitrogens is 2. The standard InChI is InChI=1S/C12H21BrN4O/c1-6-17-11(18)10(13)9(7-15-17)14-8-12(2,3)16(4)5/h7,14H,6,8H2,1-5H3. The van der Waals surface area contributed by atoms with Crippen LogP contribution in [0.1, 0.15) is 20.8 Å². The second-order valence-electron chi connectivity index (χ2n) is 5.05. The van der Waals surface area contributed by atoms with Crippen molar-refractivity contribution in [1.29, 1.82) is 0 Å².